The number of nitro groups is 1. The van der Waals surface area contributed by atoms with E-state index in [4.69, 9.17) is 0 Å². The minimum absolute atomic E-state index is 0.0121. The molecule has 0 spiro atoms. The van der Waals surface area contributed by atoms with E-state index in [9.17, 15) is 10.1 Å². The lowest BCUT2D eigenvalue weighted by atomic mass is 10.1. The van der Waals surface area contributed by atoms with Crippen molar-refractivity contribution in [3.8, 4) is 0 Å². The summed E-state index contributed by atoms with van der Waals surface area (Å²) in [6.45, 7) is 6.20. The van der Waals surface area contributed by atoms with Crippen LogP contribution in [0.2, 0.25) is 0 Å². The summed E-state index contributed by atoms with van der Waals surface area (Å²) in [4.78, 5) is 21.0. The summed E-state index contributed by atoms with van der Waals surface area (Å²) in [6.07, 6.45) is 4.50. The third-order valence-electron chi connectivity index (χ3n) is 5.76. The topological polar surface area (TPSA) is 79.0 Å². The Morgan fingerprint density at radius 3 is 2.62 bits per heavy atom. The van der Waals surface area contributed by atoms with E-state index in [0.717, 1.165) is 37.7 Å². The number of piperazine rings is 1. The van der Waals surface area contributed by atoms with Crippen molar-refractivity contribution in [1.82, 2.24) is 14.3 Å². The fourth-order valence-corrected chi connectivity index (χ4v) is 4.64. The predicted molar refractivity (Wildman–Crippen MR) is 115 cm³/mol. The first-order valence-corrected chi connectivity index (χ1v) is 11.0. The van der Waals surface area contributed by atoms with E-state index < -0.39 is 0 Å². The number of imidazole rings is 1. The highest BCUT2D eigenvalue weighted by Gasteiger charge is 2.26. The highest BCUT2D eigenvalue weighted by Crippen LogP contribution is 2.30. The second kappa shape index (κ2) is 7.64. The van der Waals surface area contributed by atoms with E-state index in [2.05, 4.69) is 44.4 Å². The van der Waals surface area contributed by atoms with Crippen LogP contribution in [0.25, 0.3) is 4.96 Å². The number of nitrogens with zero attached hydrogens (tertiary/aromatic N) is 5. The second-order valence-corrected chi connectivity index (χ2v) is 8.72. The SMILES string of the molecule is O=[N+]([O-])c1c(NCc2ccc(N3CCN(CC4CC4)CC3)cc2)nc2sccn12. The molecule has 1 aliphatic carbocycles. The zero-order valence-electron chi connectivity index (χ0n) is 16.2. The number of hydrogen-bond acceptors (Lipinski definition) is 7. The highest BCUT2D eigenvalue weighted by molar-refractivity contribution is 7.15. The third-order valence-corrected chi connectivity index (χ3v) is 6.51. The first kappa shape index (κ1) is 18.4. The number of benzene rings is 1. The van der Waals surface area contributed by atoms with Gasteiger partial charge in [0, 0.05) is 50.3 Å². The summed E-state index contributed by atoms with van der Waals surface area (Å²) >= 11 is 1.38. The van der Waals surface area contributed by atoms with Gasteiger partial charge in [-0.25, -0.2) is 0 Å². The van der Waals surface area contributed by atoms with Gasteiger partial charge in [-0.15, -0.1) is 0 Å². The molecule has 1 aromatic carbocycles. The Hall–Kier alpha value is -2.65. The molecule has 0 bridgehead atoms. The van der Waals surface area contributed by atoms with Gasteiger partial charge in [0.05, 0.1) is 0 Å². The fraction of sp³-hybridized carbons (Fsp3) is 0.450. The molecule has 1 saturated heterocycles. The van der Waals surface area contributed by atoms with Crippen molar-refractivity contribution in [2.75, 3.05) is 42.9 Å². The molecule has 2 aromatic heterocycles. The van der Waals surface area contributed by atoms with Crippen LogP contribution in [0.1, 0.15) is 18.4 Å². The van der Waals surface area contributed by atoms with Crippen molar-refractivity contribution >= 4 is 33.6 Å². The van der Waals surface area contributed by atoms with Crippen molar-refractivity contribution in [1.29, 1.82) is 0 Å². The van der Waals surface area contributed by atoms with Gasteiger partial charge >= 0.3 is 5.82 Å². The molecule has 0 amide bonds. The summed E-state index contributed by atoms with van der Waals surface area (Å²) in [5.74, 6) is 1.26. The molecule has 5 rings (SSSR count). The van der Waals surface area contributed by atoms with Crippen LogP contribution in [-0.4, -0.2) is 51.9 Å². The number of nitrogens with one attached hydrogen (secondary N) is 1. The standard InChI is InChI=1S/C20H24N6O2S/c27-26(28)19-18(22-20-25(19)11-12-29-20)21-13-15-3-5-17(6-4-15)24-9-7-23(8-10-24)14-16-1-2-16/h3-6,11-12,16,21H,1-2,7-10,13-14H2. The first-order chi connectivity index (χ1) is 14.2. The van der Waals surface area contributed by atoms with Crippen molar-refractivity contribution < 1.29 is 4.92 Å². The molecule has 1 N–H and O–H groups in total. The van der Waals surface area contributed by atoms with Crippen molar-refractivity contribution in [2.45, 2.75) is 19.4 Å². The minimum atomic E-state index is -0.388. The molecular weight excluding hydrogens is 388 g/mol. The molecule has 8 nitrogen and oxygen atoms in total. The summed E-state index contributed by atoms with van der Waals surface area (Å²) in [6, 6.07) is 8.47. The Balaban J connectivity index is 1.19. The smallest absolute Gasteiger partial charge is 0.369 e. The quantitative estimate of drug-likeness (QED) is 0.473. The molecule has 1 aliphatic heterocycles. The summed E-state index contributed by atoms with van der Waals surface area (Å²) in [7, 11) is 0. The Labute approximate surface area is 172 Å². The van der Waals surface area contributed by atoms with Gasteiger partial charge in [0.2, 0.25) is 5.82 Å². The van der Waals surface area contributed by atoms with Gasteiger partial charge in [-0.3, -0.25) is 4.90 Å². The maximum atomic E-state index is 11.4. The van der Waals surface area contributed by atoms with Gasteiger partial charge in [0.1, 0.15) is 6.20 Å². The number of aromatic nitrogens is 2. The van der Waals surface area contributed by atoms with Gasteiger partial charge < -0.3 is 20.3 Å². The minimum Gasteiger partial charge on any atom is -0.369 e. The van der Waals surface area contributed by atoms with Gasteiger partial charge in [-0.05, 0) is 41.4 Å². The molecule has 9 heteroatoms. The average molecular weight is 413 g/mol. The lowest BCUT2D eigenvalue weighted by Crippen LogP contribution is -2.47. The number of fused-ring (bicyclic) bond motifs is 1. The maximum Gasteiger partial charge on any atom is 0.372 e. The highest BCUT2D eigenvalue weighted by atomic mass is 32.1. The van der Waals surface area contributed by atoms with E-state index >= 15 is 0 Å². The van der Waals surface area contributed by atoms with Crippen LogP contribution in [-0.2, 0) is 6.54 Å². The van der Waals surface area contributed by atoms with E-state index in [1.807, 2.05) is 0 Å². The molecule has 2 aliphatic rings. The Morgan fingerprint density at radius 1 is 1.17 bits per heavy atom. The number of thiazole rings is 1. The molecule has 152 valence electrons. The van der Waals surface area contributed by atoms with E-state index in [1.165, 1.54) is 40.8 Å². The lowest BCUT2D eigenvalue weighted by molar-refractivity contribution is -0.389. The average Bonchev–Trinajstić information content (AvgIpc) is 3.30. The molecule has 2 fully saturated rings. The van der Waals surface area contributed by atoms with Crippen LogP contribution in [0.15, 0.2) is 35.8 Å². The maximum absolute atomic E-state index is 11.4. The van der Waals surface area contributed by atoms with Crippen LogP contribution in [0, 0.1) is 16.0 Å². The zero-order valence-corrected chi connectivity index (χ0v) is 17.0. The zero-order chi connectivity index (χ0) is 19.8. The van der Waals surface area contributed by atoms with Crippen LogP contribution in [0.3, 0.4) is 0 Å². The van der Waals surface area contributed by atoms with Crippen LogP contribution in [0.4, 0.5) is 17.3 Å². The van der Waals surface area contributed by atoms with Crippen molar-refractivity contribution in [3.63, 3.8) is 0 Å². The normalized spacial score (nSPS) is 17.7. The monoisotopic (exact) mass is 412 g/mol. The van der Waals surface area contributed by atoms with E-state index in [0.29, 0.717) is 17.3 Å². The molecule has 3 heterocycles. The molecular formula is C20H24N6O2S. The van der Waals surface area contributed by atoms with Crippen molar-refractivity contribution in [3.05, 3.63) is 51.5 Å². The summed E-state index contributed by atoms with van der Waals surface area (Å²) in [5.41, 5.74) is 2.32. The van der Waals surface area contributed by atoms with E-state index in [-0.39, 0.29) is 10.7 Å². The molecule has 29 heavy (non-hydrogen) atoms. The number of hydrogen-bond donors (Lipinski definition) is 1. The fourth-order valence-electron chi connectivity index (χ4n) is 3.93. The second-order valence-electron chi connectivity index (χ2n) is 7.85. The lowest BCUT2D eigenvalue weighted by Gasteiger charge is -2.36. The predicted octanol–water partition coefficient (Wildman–Crippen LogP) is 3.45. The summed E-state index contributed by atoms with van der Waals surface area (Å²) in [5, 5.41) is 16.3. The largest absolute Gasteiger partial charge is 0.372 e. The van der Waals surface area contributed by atoms with Gasteiger partial charge in [-0.1, -0.05) is 23.5 Å². The van der Waals surface area contributed by atoms with E-state index in [1.54, 1.807) is 11.6 Å². The molecule has 0 atom stereocenters. The first-order valence-electron chi connectivity index (χ1n) is 10.1. The van der Waals surface area contributed by atoms with Crippen molar-refractivity contribution in [2.24, 2.45) is 5.92 Å². The molecule has 0 unspecified atom stereocenters. The van der Waals surface area contributed by atoms with Crippen LogP contribution in [0.5, 0.6) is 0 Å². The van der Waals surface area contributed by atoms with Crippen LogP contribution < -0.4 is 10.2 Å². The third kappa shape index (κ3) is 3.92. The number of rotatable bonds is 7. The molecule has 0 radical (unpaired) electrons. The molecule has 1 saturated carbocycles. The van der Waals surface area contributed by atoms with Gasteiger partial charge in [-0.2, -0.15) is 9.38 Å². The Kier molecular flexibility index (Phi) is 4.84. The number of anilines is 2. The van der Waals surface area contributed by atoms with Gasteiger partial charge in [0.15, 0.2) is 0 Å². The molecule has 3 aromatic rings. The Morgan fingerprint density at radius 2 is 1.93 bits per heavy atom. The van der Waals surface area contributed by atoms with Gasteiger partial charge in [0.25, 0.3) is 4.96 Å². The Bertz CT molecular complexity index is 1000. The van der Waals surface area contributed by atoms with Crippen LogP contribution >= 0.6 is 11.3 Å². The summed E-state index contributed by atoms with van der Waals surface area (Å²) < 4.78 is 1.51.